The molecule has 1 aromatic carbocycles. The summed E-state index contributed by atoms with van der Waals surface area (Å²) in [7, 11) is 1.51. The molecule has 0 aliphatic heterocycles. The van der Waals surface area contributed by atoms with Gasteiger partial charge in [0.25, 0.3) is 5.91 Å². The average molecular weight is 320 g/mol. The van der Waals surface area contributed by atoms with E-state index in [2.05, 4.69) is 10.3 Å². The van der Waals surface area contributed by atoms with Crippen molar-refractivity contribution in [3.63, 3.8) is 0 Å². The van der Waals surface area contributed by atoms with E-state index < -0.39 is 17.8 Å². The van der Waals surface area contributed by atoms with Crippen LogP contribution in [0.1, 0.15) is 23.0 Å². The van der Waals surface area contributed by atoms with Gasteiger partial charge in [-0.25, -0.2) is 9.07 Å². The maximum Gasteiger partial charge on any atom is 0.308 e. The van der Waals surface area contributed by atoms with Gasteiger partial charge in [0.2, 0.25) is 0 Å². The van der Waals surface area contributed by atoms with Crippen molar-refractivity contribution < 1.29 is 19.1 Å². The summed E-state index contributed by atoms with van der Waals surface area (Å²) < 4.78 is 14.6. The van der Waals surface area contributed by atoms with Crippen molar-refractivity contribution in [1.82, 2.24) is 19.9 Å². The summed E-state index contributed by atoms with van der Waals surface area (Å²) in [6, 6.07) is 6.06. The van der Waals surface area contributed by atoms with E-state index in [1.165, 1.54) is 41.9 Å². The number of aliphatic carboxylic acids is 1. The molecule has 0 saturated heterocycles. The third kappa shape index (κ3) is 4.35. The Kier molecular flexibility index (Phi) is 5.05. The monoisotopic (exact) mass is 320 g/mol. The average Bonchev–Trinajstić information content (AvgIpc) is 2.94. The minimum atomic E-state index is -0.973. The van der Waals surface area contributed by atoms with Gasteiger partial charge in [0, 0.05) is 13.6 Å². The molecule has 1 amide bonds. The Morgan fingerprint density at radius 1 is 1.43 bits per heavy atom. The Hall–Kier alpha value is -2.77. The van der Waals surface area contributed by atoms with Crippen molar-refractivity contribution in [1.29, 1.82) is 0 Å². The number of carbonyl (C=O) groups is 2. The van der Waals surface area contributed by atoms with E-state index in [1.54, 1.807) is 12.1 Å². The van der Waals surface area contributed by atoms with Gasteiger partial charge in [0.15, 0.2) is 5.69 Å². The number of carboxylic acids is 1. The molecular weight excluding hydrogens is 303 g/mol. The van der Waals surface area contributed by atoms with Gasteiger partial charge in [0.1, 0.15) is 5.82 Å². The van der Waals surface area contributed by atoms with Crippen LogP contribution in [-0.2, 0) is 11.3 Å². The van der Waals surface area contributed by atoms with Crippen molar-refractivity contribution in [2.24, 2.45) is 5.92 Å². The van der Waals surface area contributed by atoms with Crippen LogP contribution in [0.5, 0.6) is 0 Å². The fourth-order valence-electron chi connectivity index (χ4n) is 2.06. The van der Waals surface area contributed by atoms with Crippen molar-refractivity contribution in [3.8, 4) is 0 Å². The van der Waals surface area contributed by atoms with E-state index in [4.69, 9.17) is 5.11 Å². The predicted molar refractivity (Wildman–Crippen MR) is 79.3 cm³/mol. The first-order valence-corrected chi connectivity index (χ1v) is 6.99. The molecule has 8 heteroatoms. The van der Waals surface area contributed by atoms with E-state index in [9.17, 15) is 14.0 Å². The summed E-state index contributed by atoms with van der Waals surface area (Å²) in [5.41, 5.74) is 0.809. The number of halogens is 1. The number of aromatic nitrogens is 3. The number of carbonyl (C=O) groups excluding carboxylic acids is 1. The summed E-state index contributed by atoms with van der Waals surface area (Å²) in [5, 5.41) is 16.5. The van der Waals surface area contributed by atoms with Gasteiger partial charge in [-0.05, 0) is 17.7 Å². The molecule has 2 aromatic rings. The van der Waals surface area contributed by atoms with Crippen molar-refractivity contribution in [2.75, 3.05) is 13.6 Å². The Labute approximate surface area is 132 Å². The second-order valence-electron chi connectivity index (χ2n) is 5.36. The SMILES string of the molecule is CC(CN(C)C(=O)c1cn(Cc2cccc(F)c2)nn1)C(=O)O. The Morgan fingerprint density at radius 3 is 2.83 bits per heavy atom. The molecule has 1 atom stereocenters. The van der Waals surface area contributed by atoms with Crippen LogP contribution in [-0.4, -0.2) is 50.5 Å². The molecule has 1 N–H and O–H groups in total. The molecule has 2 rings (SSSR count). The molecule has 1 heterocycles. The van der Waals surface area contributed by atoms with Crippen LogP contribution in [0.25, 0.3) is 0 Å². The topological polar surface area (TPSA) is 88.3 Å². The molecule has 0 radical (unpaired) electrons. The molecule has 7 nitrogen and oxygen atoms in total. The van der Waals surface area contributed by atoms with E-state index >= 15 is 0 Å². The Morgan fingerprint density at radius 2 is 2.17 bits per heavy atom. The van der Waals surface area contributed by atoms with Crippen LogP contribution in [0, 0.1) is 11.7 Å². The van der Waals surface area contributed by atoms with Crippen LogP contribution in [0.15, 0.2) is 30.5 Å². The highest BCUT2D eigenvalue weighted by atomic mass is 19.1. The van der Waals surface area contributed by atoms with Gasteiger partial charge in [-0.1, -0.05) is 24.3 Å². The lowest BCUT2D eigenvalue weighted by atomic mass is 10.2. The lowest BCUT2D eigenvalue weighted by Gasteiger charge is -2.17. The second kappa shape index (κ2) is 6.99. The number of hydrogen-bond acceptors (Lipinski definition) is 4. The summed E-state index contributed by atoms with van der Waals surface area (Å²) >= 11 is 0. The molecule has 1 aromatic heterocycles. The normalized spacial score (nSPS) is 12.0. The van der Waals surface area contributed by atoms with Crippen LogP contribution in [0.3, 0.4) is 0 Å². The molecule has 0 aliphatic rings. The number of nitrogens with zero attached hydrogens (tertiary/aromatic N) is 4. The first kappa shape index (κ1) is 16.6. The predicted octanol–water partition coefficient (Wildman–Crippen LogP) is 1.26. The van der Waals surface area contributed by atoms with Gasteiger partial charge in [-0.15, -0.1) is 5.10 Å². The molecule has 0 aliphatic carbocycles. The fraction of sp³-hybridized carbons (Fsp3) is 0.333. The molecular formula is C15H17FN4O3. The van der Waals surface area contributed by atoms with Crippen LogP contribution in [0.2, 0.25) is 0 Å². The largest absolute Gasteiger partial charge is 0.481 e. The molecule has 1 unspecified atom stereocenters. The number of amides is 1. The number of carboxylic acid groups (broad SMARTS) is 1. The number of hydrogen-bond donors (Lipinski definition) is 1. The first-order valence-electron chi connectivity index (χ1n) is 6.99. The van der Waals surface area contributed by atoms with Gasteiger partial charge in [-0.2, -0.15) is 0 Å². The second-order valence-corrected chi connectivity index (χ2v) is 5.36. The van der Waals surface area contributed by atoms with Gasteiger partial charge in [0.05, 0.1) is 18.7 Å². The minimum absolute atomic E-state index is 0.0743. The molecule has 23 heavy (non-hydrogen) atoms. The van der Waals surface area contributed by atoms with Crippen molar-refractivity contribution in [3.05, 3.63) is 47.5 Å². The van der Waals surface area contributed by atoms with E-state index in [-0.39, 0.29) is 24.6 Å². The maximum absolute atomic E-state index is 13.1. The highest BCUT2D eigenvalue weighted by Gasteiger charge is 2.20. The highest BCUT2D eigenvalue weighted by Crippen LogP contribution is 2.07. The van der Waals surface area contributed by atoms with Gasteiger partial charge in [-0.3, -0.25) is 9.59 Å². The lowest BCUT2D eigenvalue weighted by molar-refractivity contribution is -0.141. The minimum Gasteiger partial charge on any atom is -0.481 e. The standard InChI is InChI=1S/C15H17FN4O3/c1-10(15(22)23)7-19(2)14(21)13-9-20(18-17-13)8-11-4-3-5-12(16)6-11/h3-6,9-10H,7-8H2,1-2H3,(H,22,23). The number of benzene rings is 1. The molecule has 0 saturated carbocycles. The van der Waals surface area contributed by atoms with Crippen molar-refractivity contribution in [2.45, 2.75) is 13.5 Å². The lowest BCUT2D eigenvalue weighted by Crippen LogP contribution is -2.33. The molecule has 0 spiro atoms. The van der Waals surface area contributed by atoms with Gasteiger partial charge >= 0.3 is 5.97 Å². The quantitative estimate of drug-likeness (QED) is 0.865. The van der Waals surface area contributed by atoms with E-state index in [0.717, 1.165) is 0 Å². The zero-order valence-corrected chi connectivity index (χ0v) is 12.8. The first-order chi connectivity index (χ1) is 10.9. The molecule has 0 fully saturated rings. The van der Waals surface area contributed by atoms with Gasteiger partial charge < -0.3 is 10.0 Å². The zero-order valence-electron chi connectivity index (χ0n) is 12.8. The number of rotatable bonds is 6. The molecule has 122 valence electrons. The molecule has 0 bridgehead atoms. The summed E-state index contributed by atoms with van der Waals surface area (Å²) in [4.78, 5) is 24.3. The third-order valence-electron chi connectivity index (χ3n) is 3.31. The van der Waals surface area contributed by atoms with Crippen LogP contribution in [0.4, 0.5) is 4.39 Å². The van der Waals surface area contributed by atoms with Crippen molar-refractivity contribution >= 4 is 11.9 Å². The Balaban J connectivity index is 2.03. The maximum atomic E-state index is 13.1. The fourth-order valence-corrected chi connectivity index (χ4v) is 2.06. The van der Waals surface area contributed by atoms with Crippen LogP contribution >= 0.6 is 0 Å². The summed E-state index contributed by atoms with van der Waals surface area (Å²) in [5.74, 6) is -2.41. The van der Waals surface area contributed by atoms with E-state index in [0.29, 0.717) is 5.56 Å². The Bertz CT molecular complexity index is 716. The van der Waals surface area contributed by atoms with E-state index in [1.807, 2.05) is 0 Å². The smallest absolute Gasteiger partial charge is 0.308 e. The highest BCUT2D eigenvalue weighted by molar-refractivity contribution is 5.92. The van der Waals surface area contributed by atoms with Crippen LogP contribution < -0.4 is 0 Å². The summed E-state index contributed by atoms with van der Waals surface area (Å²) in [6.45, 7) is 1.88. The summed E-state index contributed by atoms with van der Waals surface area (Å²) in [6.07, 6.45) is 1.45. The zero-order chi connectivity index (χ0) is 17.0. The third-order valence-corrected chi connectivity index (χ3v) is 3.31.